The highest BCUT2D eigenvalue weighted by atomic mass is 16.8. The van der Waals surface area contributed by atoms with Crippen molar-refractivity contribution in [2.45, 2.75) is 19.9 Å². The molecular weight excluding hydrogens is 488 g/mol. The zero-order valence-electron chi connectivity index (χ0n) is 20.5. The first kappa shape index (κ1) is 28.0. The fourth-order valence-electron chi connectivity index (χ4n) is 3.48. The maximum absolute atomic E-state index is 12.6. The summed E-state index contributed by atoms with van der Waals surface area (Å²) in [6.45, 7) is 4.57. The van der Waals surface area contributed by atoms with E-state index >= 15 is 0 Å². The average molecular weight is 519 g/mol. The van der Waals surface area contributed by atoms with Gasteiger partial charge >= 0.3 is 17.9 Å². The number of morpholine rings is 1. The first-order valence-electron chi connectivity index (χ1n) is 11.7. The Morgan fingerprint density at radius 2 is 1.76 bits per heavy atom. The Hall–Kier alpha value is -3.55. The smallest absolute Gasteiger partial charge is 0.344 e. The largest absolute Gasteiger partial charge is 0.493 e. The van der Waals surface area contributed by atoms with E-state index in [0.717, 1.165) is 18.7 Å². The van der Waals surface area contributed by atoms with E-state index in [1.165, 1.54) is 19.1 Å². The maximum Gasteiger partial charge on any atom is 0.344 e. The molecule has 3 rings (SSSR count). The molecule has 1 aliphatic heterocycles. The van der Waals surface area contributed by atoms with Gasteiger partial charge in [-0.3, -0.25) is 19.7 Å². The van der Waals surface area contributed by atoms with Crippen LogP contribution in [0.5, 0.6) is 11.5 Å². The molecule has 1 saturated heterocycles. The zero-order chi connectivity index (χ0) is 26.5. The lowest BCUT2D eigenvalue weighted by Gasteiger charge is -2.27. The number of ether oxygens (including phenoxy) is 5. The van der Waals surface area contributed by atoms with Crippen LogP contribution in [0.1, 0.15) is 39.6 Å². The molecule has 0 radical (unpaired) electrons. The normalized spacial score (nSPS) is 13.6. The number of carbonyl (C=O) groups excluding carboxylic acids is 3. The Kier molecular flexibility index (Phi) is 11.3. The van der Waals surface area contributed by atoms with Gasteiger partial charge in [-0.2, -0.15) is 0 Å². The van der Waals surface area contributed by atoms with Gasteiger partial charge in [-0.1, -0.05) is 23.8 Å². The summed E-state index contributed by atoms with van der Waals surface area (Å²) in [4.78, 5) is 43.1. The van der Waals surface area contributed by atoms with E-state index in [1.54, 1.807) is 36.0 Å². The van der Waals surface area contributed by atoms with Crippen LogP contribution in [0.3, 0.4) is 0 Å². The van der Waals surface area contributed by atoms with E-state index in [1.807, 2.05) is 0 Å². The van der Waals surface area contributed by atoms with Crippen molar-refractivity contribution >= 4 is 17.9 Å². The molecular formula is C25H30N2O10. The lowest BCUT2D eigenvalue weighted by Crippen LogP contribution is -2.35. The third-order valence-electron chi connectivity index (χ3n) is 5.25. The van der Waals surface area contributed by atoms with Crippen LogP contribution in [0.4, 0.5) is 0 Å². The number of benzene rings is 2. The number of esters is 3. The second kappa shape index (κ2) is 14.9. The first-order chi connectivity index (χ1) is 18.0. The van der Waals surface area contributed by atoms with Gasteiger partial charge in [0, 0.05) is 38.5 Å². The summed E-state index contributed by atoms with van der Waals surface area (Å²) >= 11 is 0. The second-order valence-corrected chi connectivity index (χ2v) is 7.92. The van der Waals surface area contributed by atoms with Crippen LogP contribution >= 0.6 is 0 Å². The quantitative estimate of drug-likeness (QED) is 0.132. The van der Waals surface area contributed by atoms with E-state index in [9.17, 15) is 14.4 Å². The van der Waals surface area contributed by atoms with Crippen molar-refractivity contribution in [3.63, 3.8) is 0 Å². The van der Waals surface area contributed by atoms with Gasteiger partial charge in [-0.05, 0) is 24.3 Å². The Morgan fingerprint density at radius 1 is 1.00 bits per heavy atom. The second-order valence-electron chi connectivity index (χ2n) is 7.92. The minimum atomic E-state index is -0.811. The van der Waals surface area contributed by atoms with Crippen molar-refractivity contribution < 1.29 is 48.1 Å². The Morgan fingerprint density at radius 3 is 2.51 bits per heavy atom. The molecule has 0 bridgehead atoms. The summed E-state index contributed by atoms with van der Waals surface area (Å²) < 4.78 is 26.4. The van der Waals surface area contributed by atoms with Gasteiger partial charge in [-0.25, -0.2) is 9.59 Å². The molecule has 1 heterocycles. The predicted molar refractivity (Wildman–Crippen MR) is 127 cm³/mol. The minimum Gasteiger partial charge on any atom is -0.493 e. The van der Waals surface area contributed by atoms with Crippen LogP contribution in [0.25, 0.3) is 0 Å². The highest BCUT2D eigenvalue weighted by Gasteiger charge is 2.18. The number of carbonyl (C=O) groups is 3. The van der Waals surface area contributed by atoms with Crippen LogP contribution in [0.2, 0.25) is 0 Å². The van der Waals surface area contributed by atoms with Crippen LogP contribution in [-0.4, -0.2) is 74.3 Å². The highest BCUT2D eigenvalue weighted by molar-refractivity contribution is 5.93. The van der Waals surface area contributed by atoms with Crippen LogP contribution in [0.15, 0.2) is 42.5 Å². The fourth-order valence-corrected chi connectivity index (χ4v) is 3.48. The molecule has 2 N–H and O–H groups in total. The molecule has 1 aliphatic rings. The molecule has 1 fully saturated rings. The maximum atomic E-state index is 12.6. The van der Waals surface area contributed by atoms with Gasteiger partial charge < -0.3 is 23.7 Å². The van der Waals surface area contributed by atoms with Crippen molar-refractivity contribution in [2.75, 3.05) is 46.3 Å². The molecule has 0 aliphatic carbocycles. The van der Waals surface area contributed by atoms with Gasteiger partial charge in [0.15, 0.2) is 0 Å². The molecule has 0 unspecified atom stereocenters. The molecule has 200 valence electrons. The number of nitrogens with zero attached hydrogens (tertiary/aromatic N) is 1. The van der Waals surface area contributed by atoms with Gasteiger partial charge in [0.25, 0.3) is 0 Å². The van der Waals surface area contributed by atoms with E-state index in [4.69, 9.17) is 28.9 Å². The molecule has 12 heteroatoms. The Bertz CT molecular complexity index is 1060. The zero-order valence-corrected chi connectivity index (χ0v) is 20.5. The standard InChI is InChI=1S/C25H30N2O10/c1-18(28)37-22-6-3-2-5-21(22)25(30)35-17-34-24(29)19-7-8-20(16-27-9-13-32-14-10-27)23(15-19)33-11-4-12-36-26-31/h2-3,5-8,15,26,31H,4,9-14,16-17H2,1H3. The summed E-state index contributed by atoms with van der Waals surface area (Å²) in [7, 11) is 0. The molecule has 0 atom stereocenters. The molecule has 37 heavy (non-hydrogen) atoms. The molecule has 0 amide bonds. The molecule has 12 nitrogen and oxygen atoms in total. The van der Waals surface area contributed by atoms with E-state index < -0.39 is 24.7 Å². The van der Waals surface area contributed by atoms with Gasteiger partial charge in [0.2, 0.25) is 6.79 Å². The first-order valence-corrected chi connectivity index (χ1v) is 11.7. The number of nitrogens with one attached hydrogen (secondary N) is 1. The minimum absolute atomic E-state index is 0.0253. The molecule has 2 aromatic carbocycles. The van der Waals surface area contributed by atoms with Crippen molar-refractivity contribution in [2.24, 2.45) is 0 Å². The Balaban J connectivity index is 1.60. The van der Waals surface area contributed by atoms with Gasteiger partial charge in [-0.15, -0.1) is 0 Å². The average Bonchev–Trinajstić information content (AvgIpc) is 2.89. The molecule has 0 saturated carbocycles. The van der Waals surface area contributed by atoms with Crippen molar-refractivity contribution in [1.29, 1.82) is 0 Å². The summed E-state index contributed by atoms with van der Waals surface area (Å²) in [5.74, 6) is -1.56. The molecule has 0 aromatic heterocycles. The summed E-state index contributed by atoms with van der Waals surface area (Å²) in [5.41, 5.74) is 2.73. The van der Waals surface area contributed by atoms with E-state index in [2.05, 4.69) is 9.74 Å². The topological polar surface area (TPSA) is 142 Å². The highest BCUT2D eigenvalue weighted by Crippen LogP contribution is 2.24. The van der Waals surface area contributed by atoms with Crippen LogP contribution in [-0.2, 0) is 30.4 Å². The molecule has 0 spiro atoms. The number of hydrogen-bond donors (Lipinski definition) is 2. The monoisotopic (exact) mass is 518 g/mol. The van der Waals surface area contributed by atoms with Crippen molar-refractivity contribution in [3.8, 4) is 11.5 Å². The Labute approximate surface area is 213 Å². The van der Waals surface area contributed by atoms with Gasteiger partial charge in [0.1, 0.15) is 17.1 Å². The van der Waals surface area contributed by atoms with Crippen molar-refractivity contribution in [3.05, 3.63) is 59.2 Å². The number of hydrogen-bond acceptors (Lipinski definition) is 12. The summed E-state index contributed by atoms with van der Waals surface area (Å²) in [5, 5.41) is 8.49. The third kappa shape index (κ3) is 9.12. The fraction of sp³-hybridized carbons (Fsp3) is 0.400. The third-order valence-corrected chi connectivity index (χ3v) is 5.25. The SMILES string of the molecule is CC(=O)Oc1ccccc1C(=O)OCOC(=O)c1ccc(CN2CCOCC2)c(OCCCONO)c1. The van der Waals surface area contributed by atoms with Crippen molar-refractivity contribution in [1.82, 2.24) is 10.5 Å². The lowest BCUT2D eigenvalue weighted by molar-refractivity contribution is -0.131. The summed E-state index contributed by atoms with van der Waals surface area (Å²) in [6, 6.07) is 11.0. The van der Waals surface area contributed by atoms with Crippen LogP contribution < -0.4 is 15.1 Å². The summed E-state index contributed by atoms with van der Waals surface area (Å²) in [6.07, 6.45) is 0.490. The number of rotatable bonds is 13. The van der Waals surface area contributed by atoms with E-state index in [0.29, 0.717) is 31.9 Å². The van der Waals surface area contributed by atoms with E-state index in [-0.39, 0.29) is 30.1 Å². The van der Waals surface area contributed by atoms with Gasteiger partial charge in [0.05, 0.1) is 32.0 Å². The van der Waals surface area contributed by atoms with Crippen LogP contribution in [0, 0.1) is 0 Å². The lowest BCUT2D eigenvalue weighted by atomic mass is 10.1. The predicted octanol–water partition coefficient (Wildman–Crippen LogP) is 2.09. The molecule has 2 aromatic rings. The number of para-hydroxylation sites is 1.